The van der Waals surface area contributed by atoms with Crippen LogP contribution < -0.4 is 5.76 Å². The predicted molar refractivity (Wildman–Crippen MR) is 92.7 cm³/mol. The summed E-state index contributed by atoms with van der Waals surface area (Å²) >= 11 is 0. The molecule has 1 aromatic heterocycles. The number of benzene rings is 1. The number of likely N-dealkylation sites (tertiary alicyclic amines) is 1. The summed E-state index contributed by atoms with van der Waals surface area (Å²) in [7, 11) is 1.72. The minimum atomic E-state index is -0.530. The molecule has 1 atom stereocenters. The number of para-hydroxylation sites is 2. The van der Waals surface area contributed by atoms with Crippen molar-refractivity contribution in [3.05, 3.63) is 34.8 Å². The van der Waals surface area contributed by atoms with Gasteiger partial charge in [-0.3, -0.25) is 9.36 Å². The van der Waals surface area contributed by atoms with Crippen LogP contribution in [0.2, 0.25) is 0 Å². The fraction of sp³-hybridized carbons (Fsp3) is 0.500. The van der Waals surface area contributed by atoms with E-state index in [2.05, 4.69) is 0 Å². The number of likely N-dealkylation sites (N-methyl/N-ethyl adjacent to an activating group) is 1. The summed E-state index contributed by atoms with van der Waals surface area (Å²) in [5, 5.41) is 0. The van der Waals surface area contributed by atoms with Gasteiger partial charge in [-0.15, -0.1) is 0 Å². The summed E-state index contributed by atoms with van der Waals surface area (Å²) in [5.41, 5.74) is 0.588. The third kappa shape index (κ3) is 2.85. The van der Waals surface area contributed by atoms with Crippen LogP contribution in [0.3, 0.4) is 0 Å². The van der Waals surface area contributed by atoms with E-state index in [9.17, 15) is 14.4 Å². The normalized spacial score (nSPS) is 23.5. The molecule has 2 aliphatic rings. The predicted octanol–water partition coefficient (Wildman–Crippen LogP) is 1.43. The van der Waals surface area contributed by atoms with Crippen molar-refractivity contribution in [2.45, 2.75) is 31.4 Å². The monoisotopic (exact) mass is 359 g/mol. The first-order valence-electron chi connectivity index (χ1n) is 8.78. The number of nitrogens with zero attached hydrogens (tertiary/aromatic N) is 3. The summed E-state index contributed by atoms with van der Waals surface area (Å²) in [6.45, 7) is 1.60. The van der Waals surface area contributed by atoms with Gasteiger partial charge in [0, 0.05) is 26.6 Å². The number of fused-ring (bicyclic) bond motifs is 1. The van der Waals surface area contributed by atoms with Crippen LogP contribution in [0.25, 0.3) is 11.1 Å². The van der Waals surface area contributed by atoms with E-state index >= 15 is 0 Å². The van der Waals surface area contributed by atoms with Gasteiger partial charge in [0.05, 0.1) is 12.1 Å². The maximum atomic E-state index is 12.8. The molecule has 0 aliphatic carbocycles. The quantitative estimate of drug-likeness (QED) is 0.810. The molecule has 8 heteroatoms. The number of oxazole rings is 1. The standard InChI is InChI=1S/C18H21N3O5/c1-19-12-18(26-16(19)23)7-4-9-20(10-8-18)15(22)11-21-13-5-2-3-6-14(13)25-17(21)24/h2-3,5-6H,4,7-12H2,1H3/t18-/m0/s1. The lowest BCUT2D eigenvalue weighted by atomic mass is 9.95. The first-order valence-corrected chi connectivity index (χ1v) is 8.78. The summed E-state index contributed by atoms with van der Waals surface area (Å²) in [6, 6.07) is 7.06. The van der Waals surface area contributed by atoms with E-state index in [1.165, 1.54) is 4.57 Å². The number of ether oxygens (including phenoxy) is 1. The Labute approximate surface area is 149 Å². The van der Waals surface area contributed by atoms with Crippen LogP contribution in [0.5, 0.6) is 0 Å². The first kappa shape index (κ1) is 16.7. The van der Waals surface area contributed by atoms with E-state index in [0.29, 0.717) is 37.2 Å². The molecule has 2 amide bonds. The number of hydrogen-bond donors (Lipinski definition) is 0. The summed E-state index contributed by atoms with van der Waals surface area (Å²) < 4.78 is 12.1. The van der Waals surface area contributed by atoms with Crippen molar-refractivity contribution in [1.82, 2.24) is 14.4 Å². The maximum Gasteiger partial charge on any atom is 0.420 e. The third-order valence-corrected chi connectivity index (χ3v) is 5.26. The fourth-order valence-corrected chi connectivity index (χ4v) is 3.87. The molecule has 4 rings (SSSR count). The Bertz CT molecular complexity index is 917. The highest BCUT2D eigenvalue weighted by Gasteiger charge is 2.44. The molecular formula is C18H21N3O5. The second-order valence-corrected chi connectivity index (χ2v) is 7.06. The molecule has 2 saturated heterocycles. The van der Waals surface area contributed by atoms with Gasteiger partial charge in [0.1, 0.15) is 12.1 Å². The van der Waals surface area contributed by atoms with Gasteiger partial charge in [-0.25, -0.2) is 9.59 Å². The number of aromatic nitrogens is 1. The topological polar surface area (TPSA) is 85.0 Å². The lowest BCUT2D eigenvalue weighted by molar-refractivity contribution is -0.131. The first-order chi connectivity index (χ1) is 12.5. The van der Waals surface area contributed by atoms with Crippen molar-refractivity contribution in [2.24, 2.45) is 0 Å². The van der Waals surface area contributed by atoms with Crippen molar-refractivity contribution in [3.63, 3.8) is 0 Å². The van der Waals surface area contributed by atoms with Crippen LogP contribution >= 0.6 is 0 Å². The van der Waals surface area contributed by atoms with Crippen LogP contribution in [0, 0.1) is 0 Å². The highest BCUT2D eigenvalue weighted by Crippen LogP contribution is 2.32. The number of amides is 2. The fourth-order valence-electron chi connectivity index (χ4n) is 3.87. The van der Waals surface area contributed by atoms with Crippen molar-refractivity contribution in [1.29, 1.82) is 0 Å². The van der Waals surface area contributed by atoms with Gasteiger partial charge < -0.3 is 19.0 Å². The molecule has 0 N–H and O–H groups in total. The van der Waals surface area contributed by atoms with E-state index in [0.717, 1.165) is 12.8 Å². The Kier molecular flexibility index (Phi) is 3.97. The Morgan fingerprint density at radius 2 is 2.00 bits per heavy atom. The molecule has 2 aromatic rings. The lowest BCUT2D eigenvalue weighted by Crippen LogP contribution is -2.38. The minimum absolute atomic E-state index is 0.0530. The number of carbonyl (C=O) groups is 2. The van der Waals surface area contributed by atoms with Gasteiger partial charge in [0.2, 0.25) is 5.91 Å². The van der Waals surface area contributed by atoms with Crippen molar-refractivity contribution >= 4 is 23.1 Å². The van der Waals surface area contributed by atoms with Gasteiger partial charge in [-0.1, -0.05) is 12.1 Å². The molecule has 1 spiro atoms. The maximum absolute atomic E-state index is 12.8. The SMILES string of the molecule is CN1C[C@@]2(CCCN(C(=O)Cn3c(=O)oc4ccccc43)CC2)OC1=O. The van der Waals surface area contributed by atoms with E-state index in [1.54, 1.807) is 41.1 Å². The molecule has 0 bridgehead atoms. The van der Waals surface area contributed by atoms with Crippen molar-refractivity contribution in [2.75, 3.05) is 26.7 Å². The van der Waals surface area contributed by atoms with E-state index in [-0.39, 0.29) is 18.5 Å². The summed E-state index contributed by atoms with van der Waals surface area (Å²) in [6.07, 6.45) is 1.80. The van der Waals surface area contributed by atoms with Gasteiger partial charge in [0.25, 0.3) is 0 Å². The Hall–Kier alpha value is -2.77. The Morgan fingerprint density at radius 1 is 1.19 bits per heavy atom. The van der Waals surface area contributed by atoms with Crippen LogP contribution in [0.4, 0.5) is 4.79 Å². The molecule has 2 fully saturated rings. The van der Waals surface area contributed by atoms with Crippen LogP contribution in [0.15, 0.2) is 33.5 Å². The number of carbonyl (C=O) groups excluding carboxylic acids is 2. The number of rotatable bonds is 2. The molecule has 0 radical (unpaired) electrons. The Balaban J connectivity index is 1.48. The highest BCUT2D eigenvalue weighted by atomic mass is 16.6. The average molecular weight is 359 g/mol. The van der Waals surface area contributed by atoms with E-state index in [1.807, 2.05) is 0 Å². The Morgan fingerprint density at radius 3 is 2.77 bits per heavy atom. The molecule has 3 heterocycles. The van der Waals surface area contributed by atoms with Gasteiger partial charge >= 0.3 is 11.8 Å². The average Bonchev–Trinajstić information content (AvgIpc) is 2.97. The molecule has 0 unspecified atom stereocenters. The van der Waals surface area contributed by atoms with Gasteiger partial charge in [-0.2, -0.15) is 0 Å². The molecular weight excluding hydrogens is 338 g/mol. The molecule has 8 nitrogen and oxygen atoms in total. The highest BCUT2D eigenvalue weighted by molar-refractivity contribution is 5.79. The smallest absolute Gasteiger partial charge is 0.420 e. The van der Waals surface area contributed by atoms with Crippen LogP contribution in [-0.2, 0) is 16.1 Å². The second kappa shape index (κ2) is 6.19. The summed E-state index contributed by atoms with van der Waals surface area (Å²) in [5.74, 6) is -0.662. The molecule has 26 heavy (non-hydrogen) atoms. The zero-order chi connectivity index (χ0) is 18.3. The van der Waals surface area contributed by atoms with Crippen LogP contribution in [0.1, 0.15) is 19.3 Å². The third-order valence-electron chi connectivity index (χ3n) is 5.26. The summed E-state index contributed by atoms with van der Waals surface area (Å²) in [4.78, 5) is 39.9. The van der Waals surface area contributed by atoms with Gasteiger partial charge in [0.15, 0.2) is 5.58 Å². The van der Waals surface area contributed by atoms with E-state index < -0.39 is 11.4 Å². The number of hydrogen-bond acceptors (Lipinski definition) is 5. The second-order valence-electron chi connectivity index (χ2n) is 7.06. The lowest BCUT2D eigenvalue weighted by Gasteiger charge is -2.25. The molecule has 1 aromatic carbocycles. The molecule has 0 saturated carbocycles. The zero-order valence-corrected chi connectivity index (χ0v) is 14.6. The van der Waals surface area contributed by atoms with E-state index in [4.69, 9.17) is 9.15 Å². The van der Waals surface area contributed by atoms with Crippen LogP contribution in [-0.4, -0.2) is 58.7 Å². The van der Waals surface area contributed by atoms with Crippen molar-refractivity contribution < 1.29 is 18.7 Å². The molecule has 138 valence electrons. The van der Waals surface area contributed by atoms with Crippen molar-refractivity contribution in [3.8, 4) is 0 Å². The van der Waals surface area contributed by atoms with Gasteiger partial charge in [-0.05, 0) is 25.0 Å². The zero-order valence-electron chi connectivity index (χ0n) is 14.6. The minimum Gasteiger partial charge on any atom is -0.441 e. The molecule has 2 aliphatic heterocycles. The largest absolute Gasteiger partial charge is 0.441 e.